The first-order valence-electron chi connectivity index (χ1n) is 6.70. The van der Waals surface area contributed by atoms with Gasteiger partial charge in [0.2, 0.25) is 0 Å². The van der Waals surface area contributed by atoms with Crippen LogP contribution in [0.2, 0.25) is 0 Å². The molecule has 0 saturated carbocycles. The van der Waals surface area contributed by atoms with Crippen molar-refractivity contribution in [3.63, 3.8) is 0 Å². The van der Waals surface area contributed by atoms with E-state index in [1.807, 2.05) is 34.6 Å². The average molecular weight is 260 g/mol. The van der Waals surface area contributed by atoms with Crippen LogP contribution in [0.4, 0.5) is 0 Å². The summed E-state index contributed by atoms with van der Waals surface area (Å²) in [6.45, 7) is 10.7. The summed E-state index contributed by atoms with van der Waals surface area (Å²) in [5.74, 6) is 0. The van der Waals surface area contributed by atoms with Gasteiger partial charge in [0.15, 0.2) is 0 Å². The van der Waals surface area contributed by atoms with Gasteiger partial charge in [0, 0.05) is 17.6 Å². The zero-order chi connectivity index (χ0) is 14.0. The molecular formula is C13H28N2O3. The van der Waals surface area contributed by atoms with Crippen molar-refractivity contribution in [1.82, 2.24) is 10.5 Å². The van der Waals surface area contributed by atoms with Gasteiger partial charge >= 0.3 is 0 Å². The van der Waals surface area contributed by atoms with Crippen molar-refractivity contribution in [3.8, 4) is 0 Å². The summed E-state index contributed by atoms with van der Waals surface area (Å²) < 4.78 is 6.02. The van der Waals surface area contributed by atoms with Crippen LogP contribution in [-0.2, 0) is 4.74 Å². The van der Waals surface area contributed by atoms with Gasteiger partial charge in [-0.15, -0.1) is 0 Å². The SMILES string of the molecule is CC(CCNO)OC1CC(C)(C)N(O)C(C)(C)C1. The molecule has 0 aromatic carbocycles. The van der Waals surface area contributed by atoms with Crippen LogP contribution in [-0.4, -0.2) is 45.3 Å². The number of hydrogen-bond acceptors (Lipinski definition) is 5. The topological polar surface area (TPSA) is 65.0 Å². The summed E-state index contributed by atoms with van der Waals surface area (Å²) in [7, 11) is 0. The van der Waals surface area contributed by atoms with E-state index in [0.717, 1.165) is 19.3 Å². The molecule has 1 fully saturated rings. The van der Waals surface area contributed by atoms with E-state index in [9.17, 15) is 5.21 Å². The molecule has 18 heavy (non-hydrogen) atoms. The van der Waals surface area contributed by atoms with Crippen LogP contribution < -0.4 is 5.48 Å². The Labute approximate surface area is 110 Å². The van der Waals surface area contributed by atoms with Gasteiger partial charge in [0.05, 0.1) is 12.2 Å². The molecule has 108 valence electrons. The van der Waals surface area contributed by atoms with E-state index >= 15 is 0 Å². The molecule has 1 rings (SSSR count). The molecule has 5 nitrogen and oxygen atoms in total. The van der Waals surface area contributed by atoms with Crippen LogP contribution in [0.15, 0.2) is 0 Å². The number of ether oxygens (including phenoxy) is 1. The van der Waals surface area contributed by atoms with Gasteiger partial charge in [0.1, 0.15) is 0 Å². The zero-order valence-corrected chi connectivity index (χ0v) is 12.2. The number of piperidine rings is 1. The van der Waals surface area contributed by atoms with Gasteiger partial charge in [-0.1, -0.05) is 0 Å². The maximum atomic E-state index is 10.2. The molecule has 0 aromatic heterocycles. The number of hydrogen-bond donors (Lipinski definition) is 3. The third-order valence-corrected chi connectivity index (χ3v) is 3.69. The quantitative estimate of drug-likeness (QED) is 0.661. The standard InChI is InChI=1S/C13H28N2O3/c1-10(6-7-14-16)18-11-8-12(2,3)15(17)13(4,5)9-11/h10-11,14,16-17H,6-9H2,1-5H3. The lowest BCUT2D eigenvalue weighted by atomic mass is 9.80. The highest BCUT2D eigenvalue weighted by molar-refractivity contribution is 4.96. The molecule has 0 radical (unpaired) electrons. The summed E-state index contributed by atoms with van der Waals surface area (Å²) in [5, 5.41) is 20.2. The van der Waals surface area contributed by atoms with Crippen LogP contribution in [0, 0.1) is 0 Å². The number of nitrogens with zero attached hydrogens (tertiary/aromatic N) is 1. The van der Waals surface area contributed by atoms with Crippen LogP contribution in [0.5, 0.6) is 0 Å². The Morgan fingerprint density at radius 1 is 1.28 bits per heavy atom. The van der Waals surface area contributed by atoms with Crippen LogP contribution in [0.1, 0.15) is 53.9 Å². The van der Waals surface area contributed by atoms with Crippen LogP contribution in [0.25, 0.3) is 0 Å². The van der Waals surface area contributed by atoms with Gasteiger partial charge in [-0.2, -0.15) is 5.06 Å². The van der Waals surface area contributed by atoms with Gasteiger partial charge < -0.3 is 15.2 Å². The molecule has 0 spiro atoms. The third-order valence-electron chi connectivity index (χ3n) is 3.69. The van der Waals surface area contributed by atoms with E-state index < -0.39 is 0 Å². The highest BCUT2D eigenvalue weighted by Gasteiger charge is 2.45. The highest BCUT2D eigenvalue weighted by atomic mass is 16.5. The van der Waals surface area contributed by atoms with Crippen molar-refractivity contribution in [2.75, 3.05) is 6.54 Å². The van der Waals surface area contributed by atoms with Crippen molar-refractivity contribution in [2.45, 2.75) is 77.2 Å². The second-order valence-corrected chi connectivity index (χ2v) is 6.61. The number of rotatable bonds is 5. The monoisotopic (exact) mass is 260 g/mol. The fourth-order valence-corrected chi connectivity index (χ4v) is 2.94. The van der Waals surface area contributed by atoms with E-state index in [4.69, 9.17) is 9.94 Å². The minimum atomic E-state index is -0.276. The van der Waals surface area contributed by atoms with E-state index in [2.05, 4.69) is 5.48 Å². The lowest BCUT2D eigenvalue weighted by molar-refractivity contribution is -0.264. The van der Waals surface area contributed by atoms with Gasteiger partial charge in [-0.3, -0.25) is 0 Å². The van der Waals surface area contributed by atoms with Crippen LogP contribution in [0.3, 0.4) is 0 Å². The van der Waals surface area contributed by atoms with Gasteiger partial charge in [-0.25, -0.2) is 5.48 Å². The Kier molecular flexibility index (Phi) is 5.14. The molecule has 0 bridgehead atoms. The van der Waals surface area contributed by atoms with Crippen molar-refractivity contribution >= 4 is 0 Å². The molecule has 1 unspecified atom stereocenters. The van der Waals surface area contributed by atoms with Crippen molar-refractivity contribution in [3.05, 3.63) is 0 Å². The predicted octanol–water partition coefficient (Wildman–Crippen LogP) is 2.17. The largest absolute Gasteiger partial charge is 0.375 e. The normalized spacial score (nSPS) is 26.2. The Bertz CT molecular complexity index is 251. The summed E-state index contributed by atoms with van der Waals surface area (Å²) in [6, 6.07) is 0. The summed E-state index contributed by atoms with van der Waals surface area (Å²) >= 11 is 0. The minimum Gasteiger partial charge on any atom is -0.375 e. The average Bonchev–Trinajstić information content (AvgIpc) is 2.22. The van der Waals surface area contributed by atoms with E-state index in [0.29, 0.717) is 6.54 Å². The van der Waals surface area contributed by atoms with Crippen molar-refractivity contribution < 1.29 is 15.2 Å². The van der Waals surface area contributed by atoms with E-state index in [-0.39, 0.29) is 23.3 Å². The fourth-order valence-electron chi connectivity index (χ4n) is 2.94. The first-order chi connectivity index (χ1) is 8.19. The maximum Gasteiger partial charge on any atom is 0.0615 e. The lowest BCUT2D eigenvalue weighted by Gasteiger charge is -2.51. The smallest absolute Gasteiger partial charge is 0.0615 e. The minimum absolute atomic E-state index is 0.103. The second-order valence-electron chi connectivity index (χ2n) is 6.61. The molecule has 1 aliphatic rings. The second kappa shape index (κ2) is 5.84. The van der Waals surface area contributed by atoms with Gasteiger partial charge in [-0.05, 0) is 53.9 Å². The summed E-state index contributed by atoms with van der Waals surface area (Å²) in [5.41, 5.74) is 1.59. The van der Waals surface area contributed by atoms with Crippen LogP contribution >= 0.6 is 0 Å². The third kappa shape index (κ3) is 3.90. The molecule has 5 heteroatoms. The molecule has 1 heterocycles. The van der Waals surface area contributed by atoms with E-state index in [1.165, 1.54) is 5.06 Å². The van der Waals surface area contributed by atoms with Gasteiger partial charge in [0.25, 0.3) is 0 Å². The molecule has 0 aliphatic carbocycles. The first-order valence-corrected chi connectivity index (χ1v) is 6.70. The summed E-state index contributed by atoms with van der Waals surface area (Å²) in [6.07, 6.45) is 2.64. The fraction of sp³-hybridized carbons (Fsp3) is 1.00. The highest BCUT2D eigenvalue weighted by Crippen LogP contribution is 2.38. The molecule has 3 N–H and O–H groups in total. The molecule has 0 aromatic rings. The Hall–Kier alpha value is -0.200. The Balaban J connectivity index is 2.58. The molecule has 1 saturated heterocycles. The molecular weight excluding hydrogens is 232 g/mol. The predicted molar refractivity (Wildman–Crippen MR) is 69.8 cm³/mol. The Morgan fingerprint density at radius 3 is 2.22 bits per heavy atom. The number of nitrogens with one attached hydrogen (secondary N) is 1. The summed E-state index contributed by atoms with van der Waals surface area (Å²) in [4.78, 5) is 0. The van der Waals surface area contributed by atoms with E-state index in [1.54, 1.807) is 0 Å². The molecule has 0 amide bonds. The lowest BCUT2D eigenvalue weighted by Crippen LogP contribution is -2.60. The zero-order valence-electron chi connectivity index (χ0n) is 12.2. The molecule has 1 atom stereocenters. The maximum absolute atomic E-state index is 10.2. The number of hydroxylamine groups is 3. The molecule has 1 aliphatic heterocycles. The van der Waals surface area contributed by atoms with Crippen molar-refractivity contribution in [2.24, 2.45) is 0 Å². The first kappa shape index (κ1) is 15.9. The van der Waals surface area contributed by atoms with Crippen molar-refractivity contribution in [1.29, 1.82) is 0 Å². The Morgan fingerprint density at radius 2 is 1.78 bits per heavy atom.